The molecule has 0 fully saturated rings. The monoisotopic (exact) mass is 298 g/mol. The van der Waals surface area contributed by atoms with E-state index in [0.717, 1.165) is 6.07 Å². The maximum atomic E-state index is 13.0. The van der Waals surface area contributed by atoms with E-state index in [9.17, 15) is 9.18 Å². The highest BCUT2D eigenvalue weighted by Crippen LogP contribution is 2.15. The average molecular weight is 298 g/mol. The molecule has 8 heteroatoms. The molecule has 0 aliphatic heterocycles. The standard InChI is InChI=1S/C14H11FN6O/c15-11-7-9(3-4-18-11)19-14(22)13-10(16)1-2-12(20-13)21-6-5-17-8-21/h1-8H,16H2,(H,18,19,22). The summed E-state index contributed by atoms with van der Waals surface area (Å²) in [4.78, 5) is 23.8. The highest BCUT2D eigenvalue weighted by atomic mass is 19.1. The molecule has 0 spiro atoms. The predicted molar refractivity (Wildman–Crippen MR) is 77.9 cm³/mol. The van der Waals surface area contributed by atoms with Crippen molar-refractivity contribution in [2.24, 2.45) is 0 Å². The Balaban J connectivity index is 1.90. The molecule has 0 aromatic carbocycles. The number of nitrogen functional groups attached to an aromatic ring is 1. The number of nitrogens with zero attached hydrogens (tertiary/aromatic N) is 4. The van der Waals surface area contributed by atoms with Gasteiger partial charge in [-0.2, -0.15) is 4.39 Å². The lowest BCUT2D eigenvalue weighted by molar-refractivity contribution is 0.102. The second-order valence-electron chi connectivity index (χ2n) is 4.40. The summed E-state index contributed by atoms with van der Waals surface area (Å²) in [6, 6.07) is 5.81. The molecule has 1 amide bonds. The molecule has 0 aliphatic rings. The van der Waals surface area contributed by atoms with Crippen LogP contribution in [-0.4, -0.2) is 25.4 Å². The molecule has 0 bridgehead atoms. The van der Waals surface area contributed by atoms with E-state index >= 15 is 0 Å². The Morgan fingerprint density at radius 1 is 1.27 bits per heavy atom. The third-order valence-corrected chi connectivity index (χ3v) is 2.88. The van der Waals surface area contributed by atoms with E-state index < -0.39 is 11.9 Å². The molecule has 0 atom stereocenters. The van der Waals surface area contributed by atoms with Crippen molar-refractivity contribution in [1.29, 1.82) is 0 Å². The van der Waals surface area contributed by atoms with Crippen LogP contribution in [0, 0.1) is 5.95 Å². The minimum atomic E-state index is -0.689. The van der Waals surface area contributed by atoms with Crippen LogP contribution in [0.2, 0.25) is 0 Å². The van der Waals surface area contributed by atoms with Gasteiger partial charge >= 0.3 is 0 Å². The minimum absolute atomic E-state index is 0.0448. The molecular weight excluding hydrogens is 287 g/mol. The van der Waals surface area contributed by atoms with Crippen LogP contribution in [0.25, 0.3) is 5.82 Å². The Morgan fingerprint density at radius 3 is 2.86 bits per heavy atom. The van der Waals surface area contributed by atoms with Gasteiger partial charge in [-0.25, -0.2) is 15.0 Å². The van der Waals surface area contributed by atoms with Crippen LogP contribution in [0.5, 0.6) is 0 Å². The summed E-state index contributed by atoms with van der Waals surface area (Å²) in [5.41, 5.74) is 6.33. The number of anilines is 2. The number of aromatic nitrogens is 4. The zero-order valence-corrected chi connectivity index (χ0v) is 11.3. The number of nitrogens with one attached hydrogen (secondary N) is 1. The van der Waals surface area contributed by atoms with Gasteiger partial charge in [-0.15, -0.1) is 0 Å². The fourth-order valence-corrected chi connectivity index (χ4v) is 1.85. The Hall–Kier alpha value is -3.29. The lowest BCUT2D eigenvalue weighted by Crippen LogP contribution is -2.17. The molecule has 0 unspecified atom stereocenters. The number of nitrogens with two attached hydrogens (primary N) is 1. The van der Waals surface area contributed by atoms with Gasteiger partial charge in [0.25, 0.3) is 5.91 Å². The van der Waals surface area contributed by atoms with Gasteiger partial charge in [0.2, 0.25) is 5.95 Å². The number of imidazole rings is 1. The third-order valence-electron chi connectivity index (χ3n) is 2.88. The summed E-state index contributed by atoms with van der Waals surface area (Å²) < 4.78 is 14.7. The second-order valence-corrected chi connectivity index (χ2v) is 4.40. The van der Waals surface area contributed by atoms with Crippen molar-refractivity contribution in [1.82, 2.24) is 19.5 Å². The molecule has 3 heterocycles. The van der Waals surface area contributed by atoms with Crippen molar-refractivity contribution in [2.75, 3.05) is 11.1 Å². The molecule has 0 aliphatic carbocycles. The van der Waals surface area contributed by atoms with Gasteiger partial charge < -0.3 is 11.1 Å². The predicted octanol–water partition coefficient (Wildman–Crippen LogP) is 1.64. The fraction of sp³-hybridized carbons (Fsp3) is 0. The Morgan fingerprint density at radius 2 is 2.14 bits per heavy atom. The molecule has 0 saturated carbocycles. The fourth-order valence-electron chi connectivity index (χ4n) is 1.85. The Kier molecular flexibility index (Phi) is 3.48. The Bertz CT molecular complexity index is 818. The zero-order valence-electron chi connectivity index (χ0n) is 11.3. The number of halogens is 1. The summed E-state index contributed by atoms with van der Waals surface area (Å²) in [6.07, 6.45) is 6.10. The molecule has 110 valence electrons. The van der Waals surface area contributed by atoms with Crippen LogP contribution in [0.1, 0.15) is 10.5 Å². The summed E-state index contributed by atoms with van der Waals surface area (Å²) >= 11 is 0. The van der Waals surface area contributed by atoms with Gasteiger partial charge in [-0.3, -0.25) is 9.36 Å². The van der Waals surface area contributed by atoms with Gasteiger partial charge in [0.1, 0.15) is 12.1 Å². The number of hydrogen-bond donors (Lipinski definition) is 2. The molecule has 22 heavy (non-hydrogen) atoms. The van der Waals surface area contributed by atoms with E-state index in [-0.39, 0.29) is 17.1 Å². The number of hydrogen-bond acceptors (Lipinski definition) is 5. The summed E-state index contributed by atoms with van der Waals surface area (Å²) in [6.45, 7) is 0. The quantitative estimate of drug-likeness (QED) is 0.716. The first-order chi connectivity index (χ1) is 10.6. The smallest absolute Gasteiger partial charge is 0.276 e. The number of amides is 1. The maximum absolute atomic E-state index is 13.0. The van der Waals surface area contributed by atoms with E-state index in [2.05, 4.69) is 20.3 Å². The van der Waals surface area contributed by atoms with E-state index in [1.165, 1.54) is 12.3 Å². The SMILES string of the molecule is Nc1ccc(-n2ccnc2)nc1C(=O)Nc1ccnc(F)c1. The summed E-state index contributed by atoms with van der Waals surface area (Å²) in [5, 5.41) is 2.53. The molecule has 7 nitrogen and oxygen atoms in total. The zero-order chi connectivity index (χ0) is 15.5. The first-order valence-corrected chi connectivity index (χ1v) is 6.31. The number of pyridine rings is 2. The van der Waals surface area contributed by atoms with Crippen molar-refractivity contribution < 1.29 is 9.18 Å². The number of rotatable bonds is 3. The molecule has 0 saturated heterocycles. The van der Waals surface area contributed by atoms with E-state index in [1.807, 2.05) is 0 Å². The van der Waals surface area contributed by atoms with Crippen LogP contribution in [0.4, 0.5) is 15.8 Å². The van der Waals surface area contributed by atoms with Crippen molar-refractivity contribution in [3.05, 3.63) is 60.8 Å². The van der Waals surface area contributed by atoms with Gasteiger partial charge in [-0.1, -0.05) is 0 Å². The van der Waals surface area contributed by atoms with Crippen LogP contribution >= 0.6 is 0 Å². The largest absolute Gasteiger partial charge is 0.397 e. The molecule has 3 N–H and O–H groups in total. The number of carbonyl (C=O) groups excluding carboxylic acids is 1. The summed E-state index contributed by atoms with van der Waals surface area (Å²) in [5.74, 6) is -0.728. The highest BCUT2D eigenvalue weighted by Gasteiger charge is 2.14. The van der Waals surface area contributed by atoms with Gasteiger partial charge in [-0.05, 0) is 18.2 Å². The average Bonchev–Trinajstić information content (AvgIpc) is 3.02. The van der Waals surface area contributed by atoms with E-state index in [1.54, 1.807) is 35.4 Å². The van der Waals surface area contributed by atoms with Crippen LogP contribution in [0.3, 0.4) is 0 Å². The number of carbonyl (C=O) groups is 1. The topological polar surface area (TPSA) is 98.7 Å². The molecule has 0 radical (unpaired) electrons. The molecule has 3 aromatic rings. The van der Waals surface area contributed by atoms with Crippen molar-refractivity contribution in [2.45, 2.75) is 0 Å². The molecule has 3 rings (SSSR count). The third kappa shape index (κ3) is 2.75. The molecular formula is C14H11FN6O. The van der Waals surface area contributed by atoms with Gasteiger partial charge in [0.05, 0.1) is 5.69 Å². The van der Waals surface area contributed by atoms with Crippen LogP contribution in [-0.2, 0) is 0 Å². The highest BCUT2D eigenvalue weighted by molar-refractivity contribution is 6.06. The second kappa shape index (κ2) is 5.60. The van der Waals surface area contributed by atoms with Gasteiger partial charge in [0.15, 0.2) is 5.69 Å². The lowest BCUT2D eigenvalue weighted by Gasteiger charge is -2.09. The van der Waals surface area contributed by atoms with Crippen molar-refractivity contribution >= 4 is 17.3 Å². The first-order valence-electron chi connectivity index (χ1n) is 6.31. The minimum Gasteiger partial charge on any atom is -0.397 e. The van der Waals surface area contributed by atoms with Gasteiger partial charge in [0, 0.05) is 30.3 Å². The van der Waals surface area contributed by atoms with E-state index in [4.69, 9.17) is 5.73 Å². The normalized spacial score (nSPS) is 10.4. The Labute approximate surface area is 124 Å². The van der Waals surface area contributed by atoms with Crippen LogP contribution in [0.15, 0.2) is 49.2 Å². The van der Waals surface area contributed by atoms with Crippen LogP contribution < -0.4 is 11.1 Å². The molecule has 3 aromatic heterocycles. The van der Waals surface area contributed by atoms with Crippen molar-refractivity contribution in [3.63, 3.8) is 0 Å². The van der Waals surface area contributed by atoms with E-state index in [0.29, 0.717) is 5.82 Å². The first kappa shape index (κ1) is 13.7. The maximum Gasteiger partial charge on any atom is 0.276 e. The van der Waals surface area contributed by atoms with Crippen molar-refractivity contribution in [3.8, 4) is 5.82 Å². The summed E-state index contributed by atoms with van der Waals surface area (Å²) in [7, 11) is 0. The lowest BCUT2D eigenvalue weighted by atomic mass is 10.2.